The second kappa shape index (κ2) is 10.9. The number of hydrogen-bond donors (Lipinski definition) is 0. The van der Waals surface area contributed by atoms with E-state index in [-0.39, 0.29) is 6.10 Å². The summed E-state index contributed by atoms with van der Waals surface area (Å²) >= 11 is 3.49. The summed E-state index contributed by atoms with van der Waals surface area (Å²) in [6.07, 6.45) is 3.34. The third-order valence-corrected chi connectivity index (χ3v) is 13.4. The van der Waals surface area contributed by atoms with Gasteiger partial charge in [0.25, 0.3) is 0 Å². The third kappa shape index (κ3) is 6.55. The molecular formula is C21H35BrO3SSi. The van der Waals surface area contributed by atoms with E-state index < -0.39 is 18.2 Å². The molecule has 0 saturated heterocycles. The smallest absolute Gasteiger partial charge is 0.201 e. The van der Waals surface area contributed by atoms with E-state index >= 15 is 0 Å². The molecule has 1 aromatic rings. The molecule has 3 nitrogen and oxygen atoms in total. The fourth-order valence-corrected chi connectivity index (χ4v) is 11.0. The summed E-state index contributed by atoms with van der Waals surface area (Å²) in [7, 11) is -5.53. The predicted octanol–water partition coefficient (Wildman–Crippen LogP) is 6.71. The van der Waals surface area contributed by atoms with Crippen LogP contribution in [0.2, 0.25) is 16.6 Å². The Balaban J connectivity index is 3.18. The van der Waals surface area contributed by atoms with Gasteiger partial charge in [0.2, 0.25) is 8.32 Å². The molecule has 0 aliphatic carbocycles. The minimum Gasteiger partial charge on any atom is -0.410 e. The van der Waals surface area contributed by atoms with Crippen LogP contribution < -0.4 is 0 Å². The van der Waals surface area contributed by atoms with Crippen molar-refractivity contribution in [1.29, 1.82) is 0 Å². The Morgan fingerprint density at radius 3 is 1.96 bits per heavy atom. The monoisotopic (exact) mass is 474 g/mol. The maximum atomic E-state index is 12.6. The lowest BCUT2D eigenvalue weighted by molar-refractivity contribution is 0.206. The van der Waals surface area contributed by atoms with E-state index in [1.807, 2.05) is 6.07 Å². The molecular weight excluding hydrogens is 440 g/mol. The van der Waals surface area contributed by atoms with Crippen LogP contribution in [0.4, 0.5) is 0 Å². The van der Waals surface area contributed by atoms with Crippen LogP contribution in [0.1, 0.15) is 54.4 Å². The lowest BCUT2D eigenvalue weighted by Crippen LogP contribution is -2.50. The van der Waals surface area contributed by atoms with Crippen molar-refractivity contribution < 1.29 is 12.8 Å². The highest BCUT2D eigenvalue weighted by atomic mass is 79.9. The zero-order valence-corrected chi connectivity index (χ0v) is 20.9. The predicted molar refractivity (Wildman–Crippen MR) is 122 cm³/mol. The van der Waals surface area contributed by atoms with Gasteiger partial charge in [-0.05, 0) is 47.7 Å². The van der Waals surface area contributed by atoms with E-state index in [0.29, 0.717) is 21.5 Å². The molecule has 0 N–H and O–H groups in total. The van der Waals surface area contributed by atoms with Gasteiger partial charge in [-0.3, -0.25) is 0 Å². The number of hydrogen-bond acceptors (Lipinski definition) is 3. The Morgan fingerprint density at radius 1 is 1.00 bits per heavy atom. The first-order valence-corrected chi connectivity index (χ1v) is 14.6. The first kappa shape index (κ1) is 24.6. The van der Waals surface area contributed by atoms with Gasteiger partial charge in [-0.2, -0.15) is 0 Å². The molecule has 1 atom stereocenters. The molecule has 0 spiro atoms. The molecule has 0 saturated carbocycles. The van der Waals surface area contributed by atoms with E-state index in [9.17, 15) is 8.42 Å². The molecule has 6 heteroatoms. The van der Waals surface area contributed by atoms with E-state index in [4.69, 9.17) is 4.43 Å². The van der Waals surface area contributed by atoms with Gasteiger partial charge in [-0.25, -0.2) is 8.42 Å². The summed E-state index contributed by atoms with van der Waals surface area (Å²) in [5, 5.41) is 2.22. The lowest BCUT2D eigenvalue weighted by Gasteiger charge is -2.44. The van der Waals surface area contributed by atoms with E-state index in [2.05, 4.69) is 57.5 Å². The molecule has 154 valence electrons. The van der Waals surface area contributed by atoms with Crippen LogP contribution in [0.15, 0.2) is 46.7 Å². The number of rotatable bonds is 11. The highest BCUT2D eigenvalue weighted by Gasteiger charge is 2.46. The minimum absolute atomic E-state index is 0.181. The largest absolute Gasteiger partial charge is 0.410 e. The molecule has 0 aromatic heterocycles. The van der Waals surface area contributed by atoms with Crippen LogP contribution in [-0.4, -0.2) is 28.2 Å². The van der Waals surface area contributed by atoms with Crippen LogP contribution in [0.5, 0.6) is 0 Å². The highest BCUT2D eigenvalue weighted by molar-refractivity contribution is 9.09. The minimum atomic E-state index is -3.45. The van der Waals surface area contributed by atoms with Crippen LogP contribution in [-0.2, 0) is 14.3 Å². The molecule has 1 rings (SSSR count). The number of benzene rings is 1. The maximum absolute atomic E-state index is 12.6. The zero-order valence-electron chi connectivity index (χ0n) is 17.5. The van der Waals surface area contributed by atoms with E-state index in [1.54, 1.807) is 30.3 Å². The van der Waals surface area contributed by atoms with Crippen LogP contribution in [0.3, 0.4) is 0 Å². The molecule has 1 aromatic carbocycles. The summed E-state index contributed by atoms with van der Waals surface area (Å²) in [6, 6.07) is 8.56. The first-order valence-electron chi connectivity index (χ1n) is 9.80. The fourth-order valence-electron chi connectivity index (χ4n) is 4.02. The van der Waals surface area contributed by atoms with Gasteiger partial charge in [0.05, 0.1) is 11.0 Å². The van der Waals surface area contributed by atoms with E-state index in [1.165, 1.54) is 5.41 Å². The number of halogens is 1. The van der Waals surface area contributed by atoms with Crippen molar-refractivity contribution in [3.63, 3.8) is 0 Å². The van der Waals surface area contributed by atoms with Crippen molar-refractivity contribution in [2.75, 3.05) is 5.33 Å². The van der Waals surface area contributed by atoms with E-state index in [0.717, 1.165) is 18.2 Å². The third-order valence-electron chi connectivity index (χ3n) is 5.23. The Kier molecular flexibility index (Phi) is 9.96. The van der Waals surface area contributed by atoms with Crippen LogP contribution in [0, 0.1) is 0 Å². The van der Waals surface area contributed by atoms with Crippen molar-refractivity contribution in [1.82, 2.24) is 0 Å². The van der Waals surface area contributed by atoms with Crippen molar-refractivity contribution in [3.05, 3.63) is 41.8 Å². The number of sulfone groups is 1. The van der Waals surface area contributed by atoms with Crippen molar-refractivity contribution in [3.8, 4) is 0 Å². The van der Waals surface area contributed by atoms with Crippen LogP contribution in [0.25, 0.3) is 0 Å². The average molecular weight is 476 g/mol. The van der Waals surface area contributed by atoms with Crippen molar-refractivity contribution >= 4 is 34.1 Å². The molecule has 1 unspecified atom stereocenters. The summed E-state index contributed by atoms with van der Waals surface area (Å²) in [5.41, 5.74) is 1.38. The Morgan fingerprint density at radius 2 is 1.52 bits per heavy atom. The number of alkyl halides is 1. The summed E-state index contributed by atoms with van der Waals surface area (Å²) < 4.78 is 32.1. The molecule has 27 heavy (non-hydrogen) atoms. The SMILES string of the molecule is CC(C)[Si](OC(/C=C/S(=O)(=O)c1ccccc1)CCCBr)(C(C)C)C(C)C. The molecule has 0 aliphatic rings. The summed E-state index contributed by atoms with van der Waals surface area (Å²) in [5.74, 6) is 0. The van der Waals surface area contributed by atoms with Gasteiger partial charge in [0, 0.05) is 10.7 Å². The standard InChI is InChI=1S/C21H35BrO3SSi/c1-17(2)27(18(3)4,19(5)6)25-20(11-10-15-22)14-16-26(23,24)21-12-8-7-9-13-21/h7-9,12-14,16-20H,10-11,15H2,1-6H3/b16-14+. The van der Waals surface area contributed by atoms with Crippen molar-refractivity contribution in [2.45, 2.75) is 82.0 Å². The molecule has 0 fully saturated rings. The van der Waals surface area contributed by atoms with Gasteiger partial charge in [-0.15, -0.1) is 0 Å². The molecule has 0 heterocycles. The second-order valence-electron chi connectivity index (χ2n) is 7.99. The Labute approximate surface area is 175 Å². The lowest BCUT2D eigenvalue weighted by atomic mass is 10.2. The van der Waals surface area contributed by atoms with Crippen LogP contribution >= 0.6 is 15.9 Å². The molecule has 0 amide bonds. The molecule has 0 radical (unpaired) electrons. The average Bonchev–Trinajstić information content (AvgIpc) is 2.61. The quantitative estimate of drug-likeness (QED) is 0.264. The molecule has 0 aliphatic heterocycles. The molecule has 0 bridgehead atoms. The Hall–Kier alpha value is -0.433. The van der Waals surface area contributed by atoms with Gasteiger partial charge in [0.1, 0.15) is 0 Å². The summed E-state index contributed by atoms with van der Waals surface area (Å²) in [4.78, 5) is 0.320. The van der Waals surface area contributed by atoms with Gasteiger partial charge in [-0.1, -0.05) is 75.7 Å². The topological polar surface area (TPSA) is 43.4 Å². The normalized spacial score (nSPS) is 14.6. The van der Waals surface area contributed by atoms with Gasteiger partial charge in [0.15, 0.2) is 9.84 Å². The second-order valence-corrected chi connectivity index (χ2v) is 16.0. The summed E-state index contributed by atoms with van der Waals surface area (Å²) in [6.45, 7) is 13.5. The van der Waals surface area contributed by atoms with Gasteiger partial charge < -0.3 is 4.43 Å². The van der Waals surface area contributed by atoms with Crippen molar-refractivity contribution in [2.24, 2.45) is 0 Å². The first-order chi connectivity index (χ1) is 12.6. The fraction of sp³-hybridized carbons (Fsp3) is 0.619. The maximum Gasteiger partial charge on any atom is 0.201 e. The Bertz CT molecular complexity index is 663. The highest BCUT2D eigenvalue weighted by Crippen LogP contribution is 2.43. The zero-order chi connectivity index (χ0) is 20.7. The van der Waals surface area contributed by atoms with Gasteiger partial charge >= 0.3 is 0 Å².